The lowest BCUT2D eigenvalue weighted by atomic mass is 9.52. The molecule has 2 unspecified atom stereocenters. The van der Waals surface area contributed by atoms with Crippen molar-refractivity contribution >= 4 is 0 Å². The molecular formula is C24H34FNO2. The van der Waals surface area contributed by atoms with Crippen LogP contribution >= 0.6 is 0 Å². The lowest BCUT2D eigenvalue weighted by Crippen LogP contribution is -2.60. The van der Waals surface area contributed by atoms with Gasteiger partial charge < -0.3 is 14.8 Å². The summed E-state index contributed by atoms with van der Waals surface area (Å²) in [5.74, 6) is 2.11. The molecule has 5 rings (SSSR count). The van der Waals surface area contributed by atoms with E-state index in [-0.39, 0.29) is 5.41 Å². The minimum absolute atomic E-state index is 0.207. The molecule has 154 valence electrons. The maximum atomic E-state index is 15.8. The Morgan fingerprint density at radius 3 is 2.79 bits per heavy atom. The second kappa shape index (κ2) is 6.90. The van der Waals surface area contributed by atoms with Crippen molar-refractivity contribution in [1.29, 1.82) is 0 Å². The first-order valence-electron chi connectivity index (χ1n) is 11.4. The van der Waals surface area contributed by atoms with E-state index in [9.17, 15) is 0 Å². The predicted molar refractivity (Wildman–Crippen MR) is 109 cm³/mol. The molecule has 0 aromatic heterocycles. The second-order valence-corrected chi connectivity index (χ2v) is 9.76. The molecule has 4 atom stereocenters. The molecule has 1 aliphatic heterocycles. The minimum Gasteiger partial charge on any atom is -0.493 e. The average Bonchev–Trinajstić information content (AvgIpc) is 3.07. The van der Waals surface area contributed by atoms with E-state index in [1.165, 1.54) is 43.2 Å². The Hall–Kier alpha value is -1.29. The number of rotatable bonds is 5. The second-order valence-electron chi connectivity index (χ2n) is 9.76. The Bertz CT molecular complexity index is 742. The molecule has 0 bridgehead atoms. The molecule has 4 aliphatic rings. The molecule has 4 heteroatoms. The summed E-state index contributed by atoms with van der Waals surface area (Å²) in [5.41, 5.74) is 1.13. The van der Waals surface area contributed by atoms with Crippen molar-refractivity contribution in [2.45, 2.75) is 94.4 Å². The zero-order chi connectivity index (χ0) is 19.4. The van der Waals surface area contributed by atoms with Crippen LogP contribution in [0.25, 0.3) is 0 Å². The highest BCUT2D eigenvalue weighted by Crippen LogP contribution is 2.64. The van der Waals surface area contributed by atoms with Gasteiger partial charge in [0.25, 0.3) is 0 Å². The highest BCUT2D eigenvalue weighted by atomic mass is 19.1. The van der Waals surface area contributed by atoms with Crippen molar-refractivity contribution < 1.29 is 13.9 Å². The Balaban J connectivity index is 1.51. The van der Waals surface area contributed by atoms with Crippen LogP contribution in [0.1, 0.15) is 75.8 Å². The van der Waals surface area contributed by atoms with Gasteiger partial charge in [-0.25, -0.2) is 4.39 Å². The summed E-state index contributed by atoms with van der Waals surface area (Å²) in [7, 11) is 1.69. The van der Waals surface area contributed by atoms with Gasteiger partial charge in [-0.05, 0) is 76.0 Å². The summed E-state index contributed by atoms with van der Waals surface area (Å²) < 4.78 is 27.9. The topological polar surface area (TPSA) is 30.5 Å². The Morgan fingerprint density at radius 2 is 2.00 bits per heavy atom. The summed E-state index contributed by atoms with van der Waals surface area (Å²) in [6.07, 6.45) is 11.0. The van der Waals surface area contributed by atoms with E-state index in [1.807, 2.05) is 6.07 Å². The zero-order valence-electron chi connectivity index (χ0n) is 17.4. The third-order valence-electron chi connectivity index (χ3n) is 8.19. The number of methoxy groups -OCH3 is 1. The van der Waals surface area contributed by atoms with Gasteiger partial charge in [0.05, 0.1) is 7.11 Å². The predicted octanol–water partition coefficient (Wildman–Crippen LogP) is 5.09. The summed E-state index contributed by atoms with van der Waals surface area (Å²) in [4.78, 5) is 0. The molecule has 3 aliphatic carbocycles. The van der Waals surface area contributed by atoms with Crippen LogP contribution in [0.15, 0.2) is 12.1 Å². The lowest BCUT2D eigenvalue weighted by Gasteiger charge is -2.52. The quantitative estimate of drug-likeness (QED) is 0.763. The summed E-state index contributed by atoms with van der Waals surface area (Å²) in [6, 6.07) is 4.84. The van der Waals surface area contributed by atoms with E-state index >= 15 is 4.39 Å². The van der Waals surface area contributed by atoms with E-state index in [4.69, 9.17) is 9.47 Å². The molecule has 1 aromatic rings. The fourth-order valence-electron chi connectivity index (χ4n) is 6.86. The van der Waals surface area contributed by atoms with Crippen molar-refractivity contribution in [2.75, 3.05) is 13.7 Å². The van der Waals surface area contributed by atoms with Gasteiger partial charge in [-0.3, -0.25) is 0 Å². The van der Waals surface area contributed by atoms with Crippen molar-refractivity contribution in [2.24, 2.45) is 5.92 Å². The number of hydrogen-bond acceptors (Lipinski definition) is 3. The highest BCUT2D eigenvalue weighted by molar-refractivity contribution is 5.60. The van der Waals surface area contributed by atoms with Crippen LogP contribution in [0.4, 0.5) is 4.39 Å². The number of benzene rings is 1. The number of hydrogen-bond donors (Lipinski definition) is 1. The summed E-state index contributed by atoms with van der Waals surface area (Å²) in [5, 5.41) is 3.82. The molecule has 0 saturated heterocycles. The van der Waals surface area contributed by atoms with Gasteiger partial charge in [-0.15, -0.1) is 0 Å². The molecule has 28 heavy (non-hydrogen) atoms. The lowest BCUT2D eigenvalue weighted by molar-refractivity contribution is -0.0771. The van der Waals surface area contributed by atoms with E-state index in [0.717, 1.165) is 43.7 Å². The number of nitrogens with one attached hydrogen (secondary N) is 1. The SMILES string of the molecule is COc1ccc2c3c1O[C@@H]1C(C)(F)CCC(CC2)[C@]31CCNC1CCCCC1. The molecular weight excluding hydrogens is 353 g/mol. The maximum absolute atomic E-state index is 15.8. The van der Waals surface area contributed by atoms with E-state index in [1.54, 1.807) is 14.0 Å². The van der Waals surface area contributed by atoms with Gasteiger partial charge >= 0.3 is 0 Å². The van der Waals surface area contributed by atoms with Crippen LogP contribution in [-0.4, -0.2) is 31.5 Å². The highest BCUT2D eigenvalue weighted by Gasteiger charge is 2.65. The third-order valence-corrected chi connectivity index (χ3v) is 8.19. The average molecular weight is 388 g/mol. The number of halogens is 1. The van der Waals surface area contributed by atoms with E-state index in [0.29, 0.717) is 18.4 Å². The first-order valence-corrected chi connectivity index (χ1v) is 11.4. The van der Waals surface area contributed by atoms with Crippen LogP contribution in [0.5, 0.6) is 11.5 Å². The smallest absolute Gasteiger partial charge is 0.165 e. The molecule has 1 heterocycles. The standard InChI is InChI=1S/C24H34FNO2/c1-23(25)13-12-17-10-8-16-9-11-19(27-2)21-20(16)24(17,22(23)28-21)14-15-26-18-6-4-3-5-7-18/h9,11,17-18,22,26H,3-8,10,12-15H2,1-2H3/t17?,22-,23?,24-/m1/s1. The summed E-state index contributed by atoms with van der Waals surface area (Å²) >= 11 is 0. The Kier molecular flexibility index (Phi) is 4.61. The molecule has 2 saturated carbocycles. The van der Waals surface area contributed by atoms with Gasteiger partial charge in [0, 0.05) is 17.0 Å². The van der Waals surface area contributed by atoms with Gasteiger partial charge in [-0.2, -0.15) is 0 Å². The van der Waals surface area contributed by atoms with Crippen LogP contribution < -0.4 is 14.8 Å². The van der Waals surface area contributed by atoms with Gasteiger partial charge in [-0.1, -0.05) is 25.3 Å². The van der Waals surface area contributed by atoms with Gasteiger partial charge in [0.15, 0.2) is 11.5 Å². The minimum atomic E-state index is -1.29. The van der Waals surface area contributed by atoms with Crippen LogP contribution in [0.3, 0.4) is 0 Å². The van der Waals surface area contributed by atoms with Gasteiger partial charge in [0.1, 0.15) is 11.8 Å². The van der Waals surface area contributed by atoms with Crippen LogP contribution in [0, 0.1) is 5.92 Å². The molecule has 1 aromatic carbocycles. The molecule has 0 amide bonds. The largest absolute Gasteiger partial charge is 0.493 e. The summed E-state index contributed by atoms with van der Waals surface area (Å²) in [6.45, 7) is 2.71. The third kappa shape index (κ3) is 2.70. The van der Waals surface area contributed by atoms with Crippen molar-refractivity contribution in [1.82, 2.24) is 5.32 Å². The zero-order valence-corrected chi connectivity index (χ0v) is 17.4. The normalized spacial score (nSPS) is 36.7. The van der Waals surface area contributed by atoms with Crippen LogP contribution in [-0.2, 0) is 11.8 Å². The Morgan fingerprint density at radius 1 is 1.18 bits per heavy atom. The molecule has 0 spiro atoms. The number of alkyl halides is 1. The number of ether oxygens (including phenoxy) is 2. The van der Waals surface area contributed by atoms with Crippen molar-refractivity contribution in [3.05, 3.63) is 23.3 Å². The Labute approximate surface area is 168 Å². The monoisotopic (exact) mass is 387 g/mol. The van der Waals surface area contributed by atoms with Gasteiger partial charge in [0.2, 0.25) is 0 Å². The van der Waals surface area contributed by atoms with Crippen molar-refractivity contribution in [3.63, 3.8) is 0 Å². The molecule has 1 N–H and O–H groups in total. The number of aryl methyl sites for hydroxylation is 1. The van der Waals surface area contributed by atoms with E-state index in [2.05, 4.69) is 11.4 Å². The fourth-order valence-corrected chi connectivity index (χ4v) is 6.86. The van der Waals surface area contributed by atoms with Crippen molar-refractivity contribution in [3.8, 4) is 11.5 Å². The van der Waals surface area contributed by atoms with E-state index < -0.39 is 11.8 Å². The molecule has 2 fully saturated rings. The first-order chi connectivity index (χ1) is 13.6. The fraction of sp³-hybridized carbons (Fsp3) is 0.750. The molecule has 3 nitrogen and oxygen atoms in total. The molecule has 0 radical (unpaired) electrons. The maximum Gasteiger partial charge on any atom is 0.165 e. The first kappa shape index (κ1) is 18.7. The van der Waals surface area contributed by atoms with Crippen LogP contribution in [0.2, 0.25) is 0 Å².